The maximum absolute atomic E-state index is 12.9. The molecule has 3 N–H and O–H groups in total. The number of unbranched alkanes of at least 4 members (excludes halogenated alkanes) is 1. The van der Waals surface area contributed by atoms with Gasteiger partial charge in [-0.25, -0.2) is 4.68 Å². The highest BCUT2D eigenvalue weighted by Gasteiger charge is 2.21. The van der Waals surface area contributed by atoms with Gasteiger partial charge in [-0.15, -0.1) is 0 Å². The van der Waals surface area contributed by atoms with Crippen LogP contribution in [-0.2, 0) is 9.59 Å². The van der Waals surface area contributed by atoms with Crippen molar-refractivity contribution in [3.63, 3.8) is 0 Å². The summed E-state index contributed by atoms with van der Waals surface area (Å²) < 4.78 is 1.28. The first kappa shape index (κ1) is 21.7. The Bertz CT molecular complexity index is 1090. The number of nitrogens with one attached hydrogen (secondary N) is 3. The average Bonchev–Trinajstić information content (AvgIpc) is 3.07. The van der Waals surface area contributed by atoms with Crippen LogP contribution in [0.5, 0.6) is 0 Å². The molecule has 0 bridgehead atoms. The molecule has 3 rings (SSSR count). The second-order valence-corrected chi connectivity index (χ2v) is 7.45. The first-order chi connectivity index (χ1) is 14.4. The van der Waals surface area contributed by atoms with Crippen LogP contribution in [0.1, 0.15) is 30.3 Å². The Hall–Kier alpha value is -3.03. The van der Waals surface area contributed by atoms with Crippen molar-refractivity contribution in [2.45, 2.75) is 19.8 Å². The normalized spacial score (nSPS) is 10.6. The van der Waals surface area contributed by atoms with Crippen LogP contribution in [0.2, 0.25) is 10.0 Å². The van der Waals surface area contributed by atoms with E-state index in [9.17, 15) is 14.4 Å². The number of hydrogen-bond donors (Lipinski definition) is 3. The quantitative estimate of drug-likeness (QED) is 0.391. The fraction of sp³-hybridized carbons (Fsp3) is 0.190. The summed E-state index contributed by atoms with van der Waals surface area (Å²) in [5, 5.41) is 6.94. The number of halogens is 2. The largest absolute Gasteiger partial charge is 0.348 e. The van der Waals surface area contributed by atoms with Gasteiger partial charge in [0.25, 0.3) is 5.91 Å². The van der Waals surface area contributed by atoms with Crippen LogP contribution in [0.25, 0.3) is 10.9 Å². The monoisotopic (exact) mass is 446 g/mol. The van der Waals surface area contributed by atoms with Crippen molar-refractivity contribution in [2.24, 2.45) is 0 Å². The Morgan fingerprint density at radius 2 is 1.63 bits per heavy atom. The SMILES string of the molecule is CCCCNC(=O)C(=O)Nn1c(C(=O)Nc2ccc(Cl)cc2)cc2cc(Cl)ccc21. The molecule has 9 heteroatoms. The van der Waals surface area contributed by atoms with E-state index < -0.39 is 17.7 Å². The minimum atomic E-state index is -0.876. The Morgan fingerprint density at radius 3 is 2.33 bits per heavy atom. The number of hydrogen-bond acceptors (Lipinski definition) is 3. The molecule has 2 aromatic carbocycles. The molecule has 7 nitrogen and oxygen atoms in total. The number of amides is 3. The number of nitrogens with zero attached hydrogens (tertiary/aromatic N) is 1. The van der Waals surface area contributed by atoms with E-state index in [1.807, 2.05) is 6.92 Å². The third-order valence-electron chi connectivity index (χ3n) is 4.33. The summed E-state index contributed by atoms with van der Waals surface area (Å²) in [6.07, 6.45) is 1.65. The van der Waals surface area contributed by atoms with Crippen molar-refractivity contribution in [1.29, 1.82) is 0 Å². The summed E-state index contributed by atoms with van der Waals surface area (Å²) in [4.78, 5) is 37.3. The van der Waals surface area contributed by atoms with Gasteiger partial charge in [0.1, 0.15) is 5.69 Å². The van der Waals surface area contributed by atoms with E-state index >= 15 is 0 Å². The van der Waals surface area contributed by atoms with Gasteiger partial charge in [-0.05, 0) is 55.0 Å². The zero-order valence-corrected chi connectivity index (χ0v) is 17.7. The Labute approximate surface area is 183 Å². The highest BCUT2D eigenvalue weighted by atomic mass is 35.5. The topological polar surface area (TPSA) is 92.2 Å². The molecular formula is C21H20Cl2N4O3. The molecule has 0 fully saturated rings. The van der Waals surface area contributed by atoms with Gasteiger partial charge in [0.2, 0.25) is 0 Å². The van der Waals surface area contributed by atoms with Crippen molar-refractivity contribution in [3.8, 4) is 0 Å². The van der Waals surface area contributed by atoms with Crippen molar-refractivity contribution >= 4 is 57.5 Å². The first-order valence-corrected chi connectivity index (χ1v) is 10.1. The summed E-state index contributed by atoms with van der Waals surface area (Å²) in [6, 6.07) is 13.2. The van der Waals surface area contributed by atoms with Gasteiger partial charge in [0.15, 0.2) is 0 Å². The second-order valence-electron chi connectivity index (χ2n) is 6.58. The van der Waals surface area contributed by atoms with Crippen molar-refractivity contribution in [1.82, 2.24) is 9.99 Å². The summed E-state index contributed by atoms with van der Waals surface area (Å²) in [5.74, 6) is -2.13. The lowest BCUT2D eigenvalue weighted by atomic mass is 10.2. The minimum Gasteiger partial charge on any atom is -0.348 e. The van der Waals surface area contributed by atoms with Gasteiger partial charge in [0, 0.05) is 27.7 Å². The number of fused-ring (bicyclic) bond motifs is 1. The third kappa shape index (κ3) is 5.11. The van der Waals surface area contributed by atoms with Gasteiger partial charge < -0.3 is 10.6 Å². The lowest BCUT2D eigenvalue weighted by Crippen LogP contribution is -2.40. The molecule has 0 atom stereocenters. The molecular weight excluding hydrogens is 427 g/mol. The van der Waals surface area contributed by atoms with E-state index in [-0.39, 0.29) is 5.69 Å². The van der Waals surface area contributed by atoms with E-state index in [1.165, 1.54) is 4.68 Å². The van der Waals surface area contributed by atoms with Gasteiger partial charge in [0.05, 0.1) is 5.52 Å². The Kier molecular flexibility index (Phi) is 6.97. The molecule has 1 heterocycles. The highest BCUT2D eigenvalue weighted by Crippen LogP contribution is 2.24. The minimum absolute atomic E-state index is 0.136. The summed E-state index contributed by atoms with van der Waals surface area (Å²) in [5.41, 5.74) is 3.69. The number of carbonyl (C=O) groups is 3. The molecule has 0 saturated carbocycles. The predicted molar refractivity (Wildman–Crippen MR) is 119 cm³/mol. The fourth-order valence-corrected chi connectivity index (χ4v) is 3.12. The van der Waals surface area contributed by atoms with Crippen LogP contribution in [0.15, 0.2) is 48.5 Å². The lowest BCUT2D eigenvalue weighted by Gasteiger charge is -2.12. The van der Waals surface area contributed by atoms with Crippen LogP contribution in [0, 0.1) is 0 Å². The molecule has 30 heavy (non-hydrogen) atoms. The van der Waals surface area contributed by atoms with Crippen molar-refractivity contribution in [3.05, 3.63) is 64.3 Å². The maximum atomic E-state index is 12.9. The fourth-order valence-electron chi connectivity index (χ4n) is 2.81. The predicted octanol–water partition coefficient (Wildman–Crippen LogP) is 4.19. The molecule has 0 aliphatic rings. The van der Waals surface area contributed by atoms with Crippen LogP contribution in [0.4, 0.5) is 5.69 Å². The Morgan fingerprint density at radius 1 is 0.933 bits per heavy atom. The van der Waals surface area contributed by atoms with E-state index in [2.05, 4.69) is 16.1 Å². The number of carbonyl (C=O) groups excluding carboxylic acids is 3. The van der Waals surface area contributed by atoms with Gasteiger partial charge >= 0.3 is 11.8 Å². The molecule has 0 saturated heterocycles. The standard InChI is InChI=1S/C21H20Cl2N4O3/c1-2-3-10-24-20(29)21(30)26-27-17-9-6-15(23)11-13(17)12-18(27)19(28)25-16-7-4-14(22)5-8-16/h4-9,11-12H,2-3,10H2,1H3,(H,24,29)(H,25,28)(H,26,30). The van der Waals surface area contributed by atoms with Crippen molar-refractivity contribution in [2.75, 3.05) is 17.3 Å². The molecule has 0 unspecified atom stereocenters. The molecule has 0 radical (unpaired) electrons. The maximum Gasteiger partial charge on any atom is 0.328 e. The van der Waals surface area contributed by atoms with E-state index in [0.29, 0.717) is 33.2 Å². The van der Waals surface area contributed by atoms with Crippen LogP contribution in [0.3, 0.4) is 0 Å². The van der Waals surface area contributed by atoms with Crippen LogP contribution >= 0.6 is 23.2 Å². The molecule has 0 aliphatic carbocycles. The smallest absolute Gasteiger partial charge is 0.328 e. The number of anilines is 1. The van der Waals surface area contributed by atoms with Gasteiger partial charge in [-0.3, -0.25) is 19.8 Å². The molecule has 156 valence electrons. The average molecular weight is 447 g/mol. The van der Waals surface area contributed by atoms with Crippen molar-refractivity contribution < 1.29 is 14.4 Å². The van der Waals surface area contributed by atoms with E-state index in [4.69, 9.17) is 23.2 Å². The van der Waals surface area contributed by atoms with Crippen LogP contribution in [-0.4, -0.2) is 28.9 Å². The molecule has 3 amide bonds. The molecule has 3 aromatic rings. The lowest BCUT2D eigenvalue weighted by molar-refractivity contribution is -0.136. The zero-order chi connectivity index (χ0) is 21.7. The zero-order valence-electron chi connectivity index (χ0n) is 16.2. The van der Waals surface area contributed by atoms with Crippen LogP contribution < -0.4 is 16.1 Å². The molecule has 0 aliphatic heterocycles. The Balaban J connectivity index is 1.89. The number of rotatable bonds is 6. The second kappa shape index (κ2) is 9.65. The highest BCUT2D eigenvalue weighted by molar-refractivity contribution is 6.38. The van der Waals surface area contributed by atoms with Gasteiger partial charge in [-0.2, -0.15) is 0 Å². The van der Waals surface area contributed by atoms with E-state index in [0.717, 1.165) is 12.8 Å². The number of aromatic nitrogens is 1. The third-order valence-corrected chi connectivity index (χ3v) is 4.82. The number of benzene rings is 2. The summed E-state index contributed by atoms with van der Waals surface area (Å²) in [7, 11) is 0. The molecule has 0 spiro atoms. The summed E-state index contributed by atoms with van der Waals surface area (Å²) in [6.45, 7) is 2.38. The molecule has 1 aromatic heterocycles. The first-order valence-electron chi connectivity index (χ1n) is 9.36. The summed E-state index contributed by atoms with van der Waals surface area (Å²) >= 11 is 11.9. The van der Waals surface area contributed by atoms with E-state index in [1.54, 1.807) is 48.5 Å². The van der Waals surface area contributed by atoms with Gasteiger partial charge in [-0.1, -0.05) is 36.5 Å².